The number of hydrogen-bond donors (Lipinski definition) is 0. The fourth-order valence-electron chi connectivity index (χ4n) is 1.96. The lowest BCUT2D eigenvalue weighted by atomic mass is 9.91. The molecule has 1 heterocycles. The standard InChI is InChI=1S/C12H13F3O/c1-11(2)7-6-8-9(12(13,14)15)4-3-5-10(8)16-11/h3-5H,6-7H2,1-2H3. The molecule has 0 amide bonds. The van der Waals surface area contributed by atoms with E-state index in [1.54, 1.807) is 6.07 Å². The number of fused-ring (bicyclic) bond motifs is 1. The van der Waals surface area contributed by atoms with E-state index in [4.69, 9.17) is 4.74 Å². The number of rotatable bonds is 0. The van der Waals surface area contributed by atoms with E-state index in [-0.39, 0.29) is 11.2 Å². The summed E-state index contributed by atoms with van der Waals surface area (Å²) in [5.41, 5.74) is -0.660. The van der Waals surface area contributed by atoms with E-state index in [1.807, 2.05) is 13.8 Å². The Labute approximate surface area is 92.2 Å². The first kappa shape index (κ1) is 11.3. The predicted molar refractivity (Wildman–Crippen MR) is 54.5 cm³/mol. The Balaban J connectivity index is 2.47. The first-order valence-electron chi connectivity index (χ1n) is 5.18. The third kappa shape index (κ3) is 2.01. The van der Waals surface area contributed by atoms with Crippen LogP contribution in [0.3, 0.4) is 0 Å². The first-order valence-corrected chi connectivity index (χ1v) is 5.18. The maximum absolute atomic E-state index is 12.7. The molecule has 0 N–H and O–H groups in total. The maximum Gasteiger partial charge on any atom is 0.416 e. The van der Waals surface area contributed by atoms with E-state index < -0.39 is 11.7 Å². The quantitative estimate of drug-likeness (QED) is 0.658. The number of halogens is 3. The Morgan fingerprint density at radius 3 is 2.56 bits per heavy atom. The van der Waals surface area contributed by atoms with Gasteiger partial charge in [0.1, 0.15) is 11.4 Å². The van der Waals surface area contributed by atoms with Gasteiger partial charge in [0.25, 0.3) is 0 Å². The van der Waals surface area contributed by atoms with Crippen molar-refractivity contribution in [1.82, 2.24) is 0 Å². The van der Waals surface area contributed by atoms with E-state index in [9.17, 15) is 13.2 Å². The molecular formula is C12H13F3O. The van der Waals surface area contributed by atoms with Gasteiger partial charge in [0.2, 0.25) is 0 Å². The Morgan fingerprint density at radius 1 is 1.25 bits per heavy atom. The highest BCUT2D eigenvalue weighted by atomic mass is 19.4. The zero-order valence-corrected chi connectivity index (χ0v) is 9.19. The minimum Gasteiger partial charge on any atom is -0.488 e. The molecule has 0 fully saturated rings. The first-order chi connectivity index (χ1) is 7.30. The van der Waals surface area contributed by atoms with E-state index in [0.29, 0.717) is 18.6 Å². The van der Waals surface area contributed by atoms with Crippen LogP contribution in [-0.2, 0) is 12.6 Å². The van der Waals surface area contributed by atoms with Crippen molar-refractivity contribution < 1.29 is 17.9 Å². The third-order valence-corrected chi connectivity index (χ3v) is 2.80. The lowest BCUT2D eigenvalue weighted by molar-refractivity contribution is -0.138. The molecule has 1 aromatic carbocycles. The summed E-state index contributed by atoms with van der Waals surface area (Å²) in [6.45, 7) is 3.77. The van der Waals surface area contributed by atoms with Crippen molar-refractivity contribution in [2.24, 2.45) is 0 Å². The number of ether oxygens (including phenoxy) is 1. The molecule has 4 heteroatoms. The molecule has 1 aromatic rings. The predicted octanol–water partition coefficient (Wildman–Crippen LogP) is 3.81. The van der Waals surface area contributed by atoms with Gasteiger partial charge in [-0.3, -0.25) is 0 Å². The highest BCUT2D eigenvalue weighted by Gasteiger charge is 2.37. The van der Waals surface area contributed by atoms with Gasteiger partial charge in [-0.25, -0.2) is 0 Å². The van der Waals surface area contributed by atoms with Crippen molar-refractivity contribution in [1.29, 1.82) is 0 Å². The number of benzene rings is 1. The van der Waals surface area contributed by atoms with Crippen LogP contribution in [0.25, 0.3) is 0 Å². The van der Waals surface area contributed by atoms with Gasteiger partial charge in [0.15, 0.2) is 0 Å². The zero-order chi connectivity index (χ0) is 12.0. The third-order valence-electron chi connectivity index (χ3n) is 2.80. The Hall–Kier alpha value is -1.19. The summed E-state index contributed by atoms with van der Waals surface area (Å²) < 4.78 is 43.7. The molecule has 0 saturated heterocycles. The molecule has 0 unspecified atom stereocenters. The minimum atomic E-state index is -4.30. The second-order valence-electron chi connectivity index (χ2n) is 4.64. The van der Waals surface area contributed by atoms with Crippen LogP contribution in [-0.4, -0.2) is 5.60 Å². The van der Waals surface area contributed by atoms with Crippen LogP contribution in [0.2, 0.25) is 0 Å². The summed E-state index contributed by atoms with van der Waals surface area (Å²) in [6.07, 6.45) is -3.28. The molecule has 1 aliphatic rings. The molecule has 88 valence electrons. The fraction of sp³-hybridized carbons (Fsp3) is 0.500. The van der Waals surface area contributed by atoms with Crippen molar-refractivity contribution in [3.63, 3.8) is 0 Å². The van der Waals surface area contributed by atoms with Gasteiger partial charge in [0.05, 0.1) is 5.56 Å². The SMILES string of the molecule is CC1(C)CCc2c(cccc2C(F)(F)F)O1. The molecule has 0 bridgehead atoms. The molecule has 0 aromatic heterocycles. The molecule has 1 nitrogen and oxygen atoms in total. The molecule has 0 saturated carbocycles. The topological polar surface area (TPSA) is 9.23 Å². The molecule has 1 aliphatic heterocycles. The monoisotopic (exact) mass is 230 g/mol. The Kier molecular flexibility index (Phi) is 2.40. The largest absolute Gasteiger partial charge is 0.488 e. The molecule has 16 heavy (non-hydrogen) atoms. The highest BCUT2D eigenvalue weighted by molar-refractivity contribution is 5.43. The highest BCUT2D eigenvalue weighted by Crippen LogP contribution is 2.41. The Bertz CT molecular complexity index is 407. The summed E-state index contributed by atoms with van der Waals surface area (Å²) in [5.74, 6) is 0.367. The van der Waals surface area contributed by atoms with Crippen molar-refractivity contribution in [2.75, 3.05) is 0 Å². The van der Waals surface area contributed by atoms with E-state index >= 15 is 0 Å². The minimum absolute atomic E-state index is 0.286. The summed E-state index contributed by atoms with van der Waals surface area (Å²) >= 11 is 0. The van der Waals surface area contributed by atoms with Crippen LogP contribution >= 0.6 is 0 Å². The summed E-state index contributed by atoms with van der Waals surface area (Å²) in [5, 5.41) is 0. The van der Waals surface area contributed by atoms with E-state index in [0.717, 1.165) is 6.07 Å². The second kappa shape index (κ2) is 3.40. The summed E-state index contributed by atoms with van der Waals surface area (Å²) in [4.78, 5) is 0. The normalized spacial score (nSPS) is 18.8. The molecule has 0 atom stereocenters. The lowest BCUT2D eigenvalue weighted by Gasteiger charge is -2.33. The van der Waals surface area contributed by atoms with Gasteiger partial charge in [-0.1, -0.05) is 6.07 Å². The van der Waals surface area contributed by atoms with Crippen molar-refractivity contribution in [2.45, 2.75) is 38.5 Å². The van der Waals surface area contributed by atoms with Crippen LogP contribution < -0.4 is 4.74 Å². The molecule has 0 spiro atoms. The fourth-order valence-corrected chi connectivity index (χ4v) is 1.96. The molecule has 0 aliphatic carbocycles. The smallest absolute Gasteiger partial charge is 0.416 e. The molecular weight excluding hydrogens is 217 g/mol. The molecule has 0 radical (unpaired) electrons. The molecule has 2 rings (SSSR count). The average molecular weight is 230 g/mol. The zero-order valence-electron chi connectivity index (χ0n) is 9.19. The van der Waals surface area contributed by atoms with Gasteiger partial charge in [-0.05, 0) is 38.8 Å². The van der Waals surface area contributed by atoms with Crippen molar-refractivity contribution >= 4 is 0 Å². The van der Waals surface area contributed by atoms with Crippen LogP contribution in [0.15, 0.2) is 18.2 Å². The van der Waals surface area contributed by atoms with E-state index in [2.05, 4.69) is 0 Å². The van der Waals surface area contributed by atoms with Gasteiger partial charge >= 0.3 is 6.18 Å². The van der Waals surface area contributed by atoms with Crippen LogP contribution in [0, 0.1) is 0 Å². The van der Waals surface area contributed by atoms with Gasteiger partial charge in [-0.15, -0.1) is 0 Å². The average Bonchev–Trinajstić information content (AvgIpc) is 2.13. The second-order valence-corrected chi connectivity index (χ2v) is 4.64. The van der Waals surface area contributed by atoms with Crippen LogP contribution in [0.4, 0.5) is 13.2 Å². The number of alkyl halides is 3. The van der Waals surface area contributed by atoms with E-state index in [1.165, 1.54) is 6.07 Å². The van der Waals surface area contributed by atoms with Crippen LogP contribution in [0.1, 0.15) is 31.4 Å². The maximum atomic E-state index is 12.7. The van der Waals surface area contributed by atoms with Crippen molar-refractivity contribution in [3.8, 4) is 5.75 Å². The van der Waals surface area contributed by atoms with Gasteiger partial charge in [-0.2, -0.15) is 13.2 Å². The summed E-state index contributed by atoms with van der Waals surface area (Å²) in [7, 11) is 0. The van der Waals surface area contributed by atoms with Gasteiger partial charge in [0, 0.05) is 5.56 Å². The van der Waals surface area contributed by atoms with Crippen LogP contribution in [0.5, 0.6) is 5.75 Å². The summed E-state index contributed by atoms with van der Waals surface area (Å²) in [6, 6.07) is 4.11. The Morgan fingerprint density at radius 2 is 1.94 bits per heavy atom. The van der Waals surface area contributed by atoms with Gasteiger partial charge < -0.3 is 4.74 Å². The lowest BCUT2D eigenvalue weighted by Crippen LogP contribution is -2.33. The number of hydrogen-bond acceptors (Lipinski definition) is 1. The van der Waals surface area contributed by atoms with Crippen molar-refractivity contribution in [3.05, 3.63) is 29.3 Å².